The van der Waals surface area contributed by atoms with E-state index >= 15 is 0 Å². The summed E-state index contributed by atoms with van der Waals surface area (Å²) in [6.07, 6.45) is 7.43. The van der Waals surface area contributed by atoms with Gasteiger partial charge in [0, 0.05) is 61.8 Å². The van der Waals surface area contributed by atoms with E-state index in [0.717, 1.165) is 27.9 Å². The van der Waals surface area contributed by atoms with Gasteiger partial charge < -0.3 is 4.57 Å². The zero-order valence-electron chi connectivity index (χ0n) is 24.8. The van der Waals surface area contributed by atoms with Gasteiger partial charge in [-0.15, -0.1) is 11.3 Å². The van der Waals surface area contributed by atoms with Crippen molar-refractivity contribution in [2.45, 2.75) is 0 Å². The van der Waals surface area contributed by atoms with E-state index in [0.29, 0.717) is 0 Å². The molecule has 0 N–H and O–H groups in total. The molecule has 0 atom stereocenters. The molecule has 9 rings (SSSR count). The first-order valence-corrected chi connectivity index (χ1v) is 16.2. The normalized spacial score (nSPS) is 11.5. The summed E-state index contributed by atoms with van der Waals surface area (Å²) in [6, 6.07) is 50.2. The molecular weight excluding hydrogens is 579 g/mol. The minimum atomic E-state index is 1.12. The molecule has 0 aliphatic rings. The Kier molecular flexibility index (Phi) is 6.32. The van der Waals surface area contributed by atoms with Gasteiger partial charge in [-0.05, 0) is 88.0 Å². The summed E-state index contributed by atoms with van der Waals surface area (Å²) in [5.41, 5.74) is 11.8. The molecule has 0 aliphatic carbocycles. The predicted octanol–water partition coefficient (Wildman–Crippen LogP) is 11.5. The first-order chi connectivity index (χ1) is 22.8. The molecule has 4 heteroatoms. The van der Waals surface area contributed by atoms with Crippen molar-refractivity contribution in [3.05, 3.63) is 164 Å². The predicted molar refractivity (Wildman–Crippen MR) is 193 cm³/mol. The average molecular weight is 606 g/mol. The summed E-state index contributed by atoms with van der Waals surface area (Å²) in [5, 5.41) is 3.83. The van der Waals surface area contributed by atoms with Crippen molar-refractivity contribution in [3.8, 4) is 49.5 Å². The number of rotatable bonds is 5. The maximum Gasteiger partial charge on any atom is 0.0555 e. The van der Waals surface area contributed by atoms with Crippen LogP contribution in [0.3, 0.4) is 0 Å². The number of hydrogen-bond acceptors (Lipinski definition) is 3. The van der Waals surface area contributed by atoms with Crippen molar-refractivity contribution in [1.29, 1.82) is 0 Å². The molecule has 0 bridgehead atoms. The zero-order chi connectivity index (χ0) is 30.5. The number of aromatic nitrogens is 3. The number of pyridine rings is 2. The van der Waals surface area contributed by atoms with Crippen molar-refractivity contribution >= 4 is 43.2 Å². The van der Waals surface area contributed by atoms with E-state index in [2.05, 4.69) is 154 Å². The first-order valence-electron chi connectivity index (χ1n) is 15.4. The molecule has 5 aromatic carbocycles. The summed E-state index contributed by atoms with van der Waals surface area (Å²) >= 11 is 1.90. The molecule has 9 aromatic rings. The van der Waals surface area contributed by atoms with Gasteiger partial charge in [-0.2, -0.15) is 0 Å². The Labute approximate surface area is 270 Å². The average Bonchev–Trinajstić information content (AvgIpc) is 3.69. The number of benzene rings is 5. The summed E-state index contributed by atoms with van der Waals surface area (Å²) in [4.78, 5) is 9.85. The van der Waals surface area contributed by atoms with Crippen molar-refractivity contribution in [1.82, 2.24) is 14.5 Å². The van der Waals surface area contributed by atoms with Crippen LogP contribution in [0.5, 0.6) is 0 Å². The van der Waals surface area contributed by atoms with E-state index < -0.39 is 0 Å². The lowest BCUT2D eigenvalue weighted by Crippen LogP contribution is -1.96. The summed E-state index contributed by atoms with van der Waals surface area (Å²) in [5.74, 6) is 0. The van der Waals surface area contributed by atoms with Crippen LogP contribution in [0.4, 0.5) is 0 Å². The first kappa shape index (κ1) is 26.6. The Morgan fingerprint density at radius 3 is 1.67 bits per heavy atom. The van der Waals surface area contributed by atoms with Gasteiger partial charge in [0.05, 0.1) is 11.0 Å². The highest BCUT2D eigenvalue weighted by Crippen LogP contribution is 2.49. The summed E-state index contributed by atoms with van der Waals surface area (Å²) in [7, 11) is 0. The number of thiophene rings is 1. The van der Waals surface area contributed by atoms with E-state index in [1.807, 2.05) is 36.1 Å². The molecule has 0 radical (unpaired) electrons. The van der Waals surface area contributed by atoms with Crippen LogP contribution in [0, 0.1) is 0 Å². The third-order valence-corrected chi connectivity index (χ3v) is 10.1. The number of fused-ring (bicyclic) bond motifs is 5. The Morgan fingerprint density at radius 1 is 0.435 bits per heavy atom. The second kappa shape index (κ2) is 11.0. The highest BCUT2D eigenvalue weighted by Gasteiger charge is 2.22. The second-order valence-electron chi connectivity index (χ2n) is 11.5. The smallest absolute Gasteiger partial charge is 0.0555 e. The van der Waals surface area contributed by atoms with Crippen molar-refractivity contribution in [3.63, 3.8) is 0 Å². The van der Waals surface area contributed by atoms with Crippen LogP contribution >= 0.6 is 11.3 Å². The Hall–Kier alpha value is -5.84. The minimum absolute atomic E-state index is 1.12. The Bertz CT molecular complexity index is 2440. The Balaban J connectivity index is 1.38. The second-order valence-corrected chi connectivity index (χ2v) is 12.5. The molecule has 0 aliphatic heterocycles. The molecule has 4 aromatic heterocycles. The van der Waals surface area contributed by atoms with Crippen LogP contribution in [-0.4, -0.2) is 14.5 Å². The van der Waals surface area contributed by atoms with Crippen LogP contribution in [0.2, 0.25) is 0 Å². The van der Waals surface area contributed by atoms with E-state index in [9.17, 15) is 0 Å². The van der Waals surface area contributed by atoms with E-state index in [4.69, 9.17) is 0 Å². The quantitative estimate of drug-likeness (QED) is 0.195. The molecule has 0 amide bonds. The highest BCUT2D eigenvalue weighted by molar-refractivity contribution is 7.24. The lowest BCUT2D eigenvalue weighted by Gasteiger charge is -2.14. The standard InChI is InChI=1S/C42H27N3S/c1-3-9-30(10-4-1)39-36-15-16-38-40(42(36)46-41(39)31-11-5-2-6-12-31)35-13-7-8-14-37(35)45(38)34-26-32(28-17-21-43-22-18-28)25-33(27-34)29-19-23-44-24-20-29/h1-27H. The number of hydrogen-bond donors (Lipinski definition) is 0. The largest absolute Gasteiger partial charge is 0.309 e. The van der Waals surface area contributed by atoms with Crippen LogP contribution in [-0.2, 0) is 0 Å². The van der Waals surface area contributed by atoms with Crippen LogP contribution < -0.4 is 0 Å². The van der Waals surface area contributed by atoms with E-state index in [-0.39, 0.29) is 0 Å². The monoisotopic (exact) mass is 605 g/mol. The van der Waals surface area contributed by atoms with Crippen molar-refractivity contribution in [2.24, 2.45) is 0 Å². The van der Waals surface area contributed by atoms with Gasteiger partial charge in [-0.25, -0.2) is 0 Å². The molecule has 0 spiro atoms. The van der Waals surface area contributed by atoms with Gasteiger partial charge in [0.15, 0.2) is 0 Å². The van der Waals surface area contributed by atoms with Crippen LogP contribution in [0.25, 0.3) is 81.4 Å². The molecule has 0 saturated heterocycles. The molecule has 4 heterocycles. The number of nitrogens with zero attached hydrogens (tertiary/aromatic N) is 3. The van der Waals surface area contributed by atoms with Crippen molar-refractivity contribution < 1.29 is 0 Å². The van der Waals surface area contributed by atoms with Gasteiger partial charge in [-0.1, -0.05) is 84.9 Å². The summed E-state index contributed by atoms with van der Waals surface area (Å²) in [6.45, 7) is 0. The van der Waals surface area contributed by atoms with Crippen LogP contribution in [0.1, 0.15) is 0 Å². The molecular formula is C42H27N3S. The van der Waals surface area contributed by atoms with Crippen LogP contribution in [0.15, 0.2) is 164 Å². The van der Waals surface area contributed by atoms with Gasteiger partial charge >= 0.3 is 0 Å². The zero-order valence-corrected chi connectivity index (χ0v) is 25.7. The molecule has 3 nitrogen and oxygen atoms in total. The molecule has 216 valence electrons. The fourth-order valence-corrected chi connectivity index (χ4v) is 8.12. The van der Waals surface area contributed by atoms with E-state index in [1.54, 1.807) is 0 Å². The molecule has 0 saturated carbocycles. The van der Waals surface area contributed by atoms with Gasteiger partial charge in [0.2, 0.25) is 0 Å². The Morgan fingerprint density at radius 2 is 1.02 bits per heavy atom. The fourth-order valence-electron chi connectivity index (χ4n) is 6.73. The third-order valence-electron chi connectivity index (χ3n) is 8.79. The minimum Gasteiger partial charge on any atom is -0.309 e. The summed E-state index contributed by atoms with van der Waals surface area (Å²) < 4.78 is 3.74. The molecule has 0 fully saturated rings. The fraction of sp³-hybridized carbons (Fsp3) is 0. The topological polar surface area (TPSA) is 30.7 Å². The van der Waals surface area contributed by atoms with Gasteiger partial charge in [-0.3, -0.25) is 9.97 Å². The maximum atomic E-state index is 4.28. The lowest BCUT2D eigenvalue weighted by atomic mass is 9.98. The molecule has 46 heavy (non-hydrogen) atoms. The maximum absolute atomic E-state index is 4.28. The highest BCUT2D eigenvalue weighted by atomic mass is 32.1. The SMILES string of the molecule is c1ccc(-c2sc3c(ccc4c3c3ccccc3n4-c3cc(-c4ccncc4)cc(-c4ccncc4)c3)c2-c2ccccc2)cc1. The van der Waals surface area contributed by atoms with E-state index in [1.165, 1.54) is 53.5 Å². The third kappa shape index (κ3) is 4.34. The van der Waals surface area contributed by atoms with Gasteiger partial charge in [0.1, 0.15) is 0 Å². The number of para-hydroxylation sites is 1. The van der Waals surface area contributed by atoms with Gasteiger partial charge in [0.25, 0.3) is 0 Å². The molecule has 0 unspecified atom stereocenters. The van der Waals surface area contributed by atoms with Crippen molar-refractivity contribution in [2.75, 3.05) is 0 Å². The lowest BCUT2D eigenvalue weighted by molar-refractivity contribution is 1.18.